The van der Waals surface area contributed by atoms with Gasteiger partial charge in [0.15, 0.2) is 11.6 Å². The van der Waals surface area contributed by atoms with Gasteiger partial charge in [0.2, 0.25) is 0 Å². The molecule has 1 N–H and O–H groups in total. The number of halogens is 4. The summed E-state index contributed by atoms with van der Waals surface area (Å²) >= 11 is 2.09. The van der Waals surface area contributed by atoms with Gasteiger partial charge < -0.3 is 4.98 Å². The van der Waals surface area contributed by atoms with E-state index in [1.807, 2.05) is 0 Å². The molecular weight excluding hydrogens is 420 g/mol. The first kappa shape index (κ1) is 15.9. The van der Waals surface area contributed by atoms with Crippen molar-refractivity contribution in [3.8, 4) is 22.9 Å². The van der Waals surface area contributed by atoms with Gasteiger partial charge in [0, 0.05) is 11.3 Å². The first-order chi connectivity index (χ1) is 10.8. The fraction of sp³-hybridized carbons (Fsp3) is 0.133. The molecule has 0 radical (unpaired) electrons. The number of nitrogens with one attached hydrogen (secondary N) is 1. The summed E-state index contributed by atoms with van der Waals surface area (Å²) in [6.07, 6.45) is -2.70. The molecule has 8 heteroatoms. The minimum atomic E-state index is -4.35. The highest BCUT2D eigenvalue weighted by atomic mass is 127. The van der Waals surface area contributed by atoms with Crippen molar-refractivity contribution >= 4 is 22.6 Å². The van der Waals surface area contributed by atoms with Crippen LogP contribution < -0.4 is 0 Å². The number of rotatable bonds is 2. The highest BCUT2D eigenvalue weighted by molar-refractivity contribution is 14.1. The molecule has 0 aliphatic rings. The number of H-pyrrole nitrogens is 1. The number of hydrogen-bond donors (Lipinski definition) is 1. The van der Waals surface area contributed by atoms with Crippen molar-refractivity contribution in [2.24, 2.45) is 0 Å². The summed E-state index contributed by atoms with van der Waals surface area (Å²) in [6, 6.07) is 6.62. The molecule has 0 aliphatic heterocycles. The number of aromatic nitrogens is 4. The Morgan fingerprint density at radius 1 is 1.09 bits per heavy atom. The summed E-state index contributed by atoms with van der Waals surface area (Å²) in [4.78, 5) is 15.9. The normalized spacial score (nSPS) is 11.7. The number of nitrogens with zero attached hydrogens (tertiary/aromatic N) is 3. The molecule has 0 unspecified atom stereocenters. The van der Waals surface area contributed by atoms with Gasteiger partial charge in [-0.1, -0.05) is 12.1 Å². The van der Waals surface area contributed by atoms with Crippen LogP contribution in [0.2, 0.25) is 0 Å². The number of imidazole rings is 1. The molecule has 0 bridgehead atoms. The lowest BCUT2D eigenvalue weighted by atomic mass is 10.1. The van der Waals surface area contributed by atoms with Gasteiger partial charge in [-0.3, -0.25) is 0 Å². The maximum Gasteiger partial charge on any atom is 0.416 e. The van der Waals surface area contributed by atoms with Crippen LogP contribution in [-0.2, 0) is 6.18 Å². The third-order valence-corrected chi connectivity index (χ3v) is 3.67. The summed E-state index contributed by atoms with van der Waals surface area (Å²) in [5, 5.41) is 0. The van der Waals surface area contributed by atoms with Crippen molar-refractivity contribution in [1.29, 1.82) is 0 Å². The molecule has 23 heavy (non-hydrogen) atoms. The number of aromatic amines is 1. The highest BCUT2D eigenvalue weighted by Gasteiger charge is 2.30. The van der Waals surface area contributed by atoms with Gasteiger partial charge in [-0.25, -0.2) is 15.0 Å². The van der Waals surface area contributed by atoms with Gasteiger partial charge in [0.1, 0.15) is 0 Å². The van der Waals surface area contributed by atoms with E-state index >= 15 is 0 Å². The monoisotopic (exact) mass is 430 g/mol. The molecule has 3 aromatic rings. The third-order valence-electron chi connectivity index (χ3n) is 3.12. The number of aryl methyl sites for hydroxylation is 1. The van der Waals surface area contributed by atoms with Gasteiger partial charge in [-0.15, -0.1) is 0 Å². The summed E-state index contributed by atoms with van der Waals surface area (Å²) in [5.74, 6) is 0.925. The van der Waals surface area contributed by atoms with Gasteiger partial charge >= 0.3 is 6.18 Å². The Labute approximate surface area is 143 Å². The van der Waals surface area contributed by atoms with Gasteiger partial charge in [-0.05, 0) is 47.7 Å². The van der Waals surface area contributed by atoms with Crippen LogP contribution in [0, 0.1) is 10.6 Å². The number of benzene rings is 1. The Morgan fingerprint density at radius 3 is 2.35 bits per heavy atom. The van der Waals surface area contributed by atoms with Crippen LogP contribution in [0.4, 0.5) is 13.2 Å². The second-order valence-corrected chi connectivity index (χ2v) is 6.04. The van der Waals surface area contributed by atoms with E-state index in [-0.39, 0.29) is 0 Å². The molecule has 0 saturated heterocycles. The summed E-state index contributed by atoms with van der Waals surface area (Å²) < 4.78 is 38.8. The summed E-state index contributed by atoms with van der Waals surface area (Å²) in [7, 11) is 0. The topological polar surface area (TPSA) is 54.5 Å². The Kier molecular flexibility index (Phi) is 4.09. The number of hydrogen-bond acceptors (Lipinski definition) is 3. The molecule has 0 spiro atoms. The van der Waals surface area contributed by atoms with Crippen molar-refractivity contribution in [2.75, 3.05) is 0 Å². The molecule has 0 saturated carbocycles. The van der Waals surface area contributed by atoms with Crippen molar-refractivity contribution in [3.63, 3.8) is 0 Å². The molecule has 2 heterocycles. The van der Waals surface area contributed by atoms with Crippen LogP contribution in [0.5, 0.6) is 0 Å². The highest BCUT2D eigenvalue weighted by Crippen LogP contribution is 2.31. The van der Waals surface area contributed by atoms with E-state index in [9.17, 15) is 13.2 Å². The van der Waals surface area contributed by atoms with Crippen LogP contribution in [0.1, 0.15) is 11.3 Å². The zero-order valence-corrected chi connectivity index (χ0v) is 14.0. The second-order valence-electron chi connectivity index (χ2n) is 4.87. The first-order valence-corrected chi connectivity index (χ1v) is 7.65. The molecule has 4 nitrogen and oxygen atoms in total. The van der Waals surface area contributed by atoms with E-state index < -0.39 is 11.7 Å². The molecule has 3 rings (SSSR count). The van der Waals surface area contributed by atoms with Crippen molar-refractivity contribution in [3.05, 3.63) is 51.5 Å². The maximum absolute atomic E-state index is 12.6. The summed E-state index contributed by atoms with van der Waals surface area (Å²) in [5.41, 5.74) is 1.16. The second kappa shape index (κ2) is 5.91. The lowest BCUT2D eigenvalue weighted by molar-refractivity contribution is -0.137. The smallest absolute Gasteiger partial charge is 0.331 e. The Hall–Kier alpha value is -1.97. The van der Waals surface area contributed by atoms with E-state index in [0.29, 0.717) is 28.6 Å². The molecule has 2 aromatic heterocycles. The van der Waals surface area contributed by atoms with Crippen molar-refractivity contribution < 1.29 is 13.2 Å². The zero-order chi connectivity index (χ0) is 16.6. The standard InChI is InChI=1S/C15H10F3IN4/c1-8-6-11(9-2-4-10(5-3-9)15(16,17)18)22-14(21-8)13-20-7-12(19)23-13/h2-7H,1H3,(H,20,23). The average Bonchev–Trinajstić information content (AvgIpc) is 2.92. The molecule has 0 aliphatic carbocycles. The fourth-order valence-electron chi connectivity index (χ4n) is 2.06. The lowest BCUT2D eigenvalue weighted by Gasteiger charge is -2.08. The molecule has 0 fully saturated rings. The Balaban J connectivity index is 2.01. The van der Waals surface area contributed by atoms with E-state index in [1.54, 1.807) is 19.2 Å². The minimum absolute atomic E-state index is 0.405. The molecule has 118 valence electrons. The SMILES string of the molecule is Cc1cc(-c2ccc(C(F)(F)F)cc2)nc(-c2ncc(I)[nH]2)n1. The van der Waals surface area contributed by atoms with E-state index in [0.717, 1.165) is 15.8 Å². The van der Waals surface area contributed by atoms with Crippen molar-refractivity contribution in [1.82, 2.24) is 19.9 Å². The Morgan fingerprint density at radius 2 is 1.78 bits per heavy atom. The van der Waals surface area contributed by atoms with E-state index in [4.69, 9.17) is 0 Å². The fourth-order valence-corrected chi connectivity index (χ4v) is 2.46. The Bertz CT molecular complexity index is 841. The lowest BCUT2D eigenvalue weighted by Crippen LogP contribution is -2.04. The minimum Gasteiger partial charge on any atom is -0.331 e. The largest absolute Gasteiger partial charge is 0.416 e. The predicted octanol–water partition coefficient (Wildman–Crippen LogP) is 4.47. The van der Waals surface area contributed by atoms with Crippen molar-refractivity contribution in [2.45, 2.75) is 13.1 Å². The molecule has 0 atom stereocenters. The zero-order valence-electron chi connectivity index (χ0n) is 11.8. The van der Waals surface area contributed by atoms with Crippen LogP contribution in [0.15, 0.2) is 36.5 Å². The van der Waals surface area contributed by atoms with Gasteiger partial charge in [-0.2, -0.15) is 13.2 Å². The molecule has 1 aromatic carbocycles. The third kappa shape index (κ3) is 3.52. The molecular formula is C15H10F3IN4. The predicted molar refractivity (Wildman–Crippen MR) is 87.5 cm³/mol. The van der Waals surface area contributed by atoms with Crippen LogP contribution in [-0.4, -0.2) is 19.9 Å². The first-order valence-electron chi connectivity index (χ1n) is 6.57. The quantitative estimate of drug-likeness (QED) is 0.611. The van der Waals surface area contributed by atoms with E-state index in [2.05, 4.69) is 42.5 Å². The summed E-state index contributed by atoms with van der Waals surface area (Å²) in [6.45, 7) is 1.80. The van der Waals surface area contributed by atoms with Gasteiger partial charge in [0.25, 0.3) is 0 Å². The van der Waals surface area contributed by atoms with E-state index in [1.165, 1.54) is 12.1 Å². The van der Waals surface area contributed by atoms with Crippen LogP contribution >= 0.6 is 22.6 Å². The maximum atomic E-state index is 12.6. The molecule has 0 amide bonds. The number of alkyl halides is 3. The van der Waals surface area contributed by atoms with Crippen LogP contribution in [0.25, 0.3) is 22.9 Å². The van der Waals surface area contributed by atoms with Crippen LogP contribution in [0.3, 0.4) is 0 Å². The van der Waals surface area contributed by atoms with Gasteiger partial charge in [0.05, 0.1) is 21.2 Å². The average molecular weight is 430 g/mol.